The Morgan fingerprint density at radius 2 is 2.07 bits per heavy atom. The Morgan fingerprint density at radius 1 is 1.43 bits per heavy atom. The molecule has 0 aliphatic rings. The van der Waals surface area contributed by atoms with Crippen LogP contribution in [0.15, 0.2) is 23.8 Å². The van der Waals surface area contributed by atoms with Crippen molar-refractivity contribution >= 4 is 0 Å². The highest BCUT2D eigenvalue weighted by atomic mass is 16.5. The van der Waals surface area contributed by atoms with Crippen molar-refractivity contribution in [2.24, 2.45) is 0 Å². The van der Waals surface area contributed by atoms with Gasteiger partial charge in [-0.2, -0.15) is 0 Å². The van der Waals surface area contributed by atoms with E-state index in [1.165, 1.54) is 5.57 Å². The minimum Gasteiger partial charge on any atom is -0.373 e. The maximum atomic E-state index is 5.62. The predicted octanol–water partition coefficient (Wildman–Crippen LogP) is 2.48. The van der Waals surface area contributed by atoms with E-state index in [4.69, 9.17) is 4.74 Å². The quantitative estimate of drug-likeness (QED) is 0.607. The molecule has 1 atom stereocenters. The van der Waals surface area contributed by atoms with Crippen LogP contribution in [0.25, 0.3) is 0 Å². The summed E-state index contributed by atoms with van der Waals surface area (Å²) in [7, 11) is 4.10. The molecular formula is C12H23NO. The van der Waals surface area contributed by atoms with Gasteiger partial charge in [0.2, 0.25) is 0 Å². The fourth-order valence-electron chi connectivity index (χ4n) is 1.16. The number of allylic oxidation sites excluding steroid dienone is 3. The Labute approximate surface area is 88.2 Å². The third kappa shape index (κ3) is 8.02. The number of rotatable bonds is 6. The molecule has 0 amide bonds. The standard InChI is InChI=1S/C12H23NO/c1-6-7-11(2)10-12(3)14-9-8-13(4)5/h6-7,10,12H,8-9H2,1-5H3/b7-6-,11-10-. The van der Waals surface area contributed by atoms with Crippen LogP contribution in [0.1, 0.15) is 20.8 Å². The van der Waals surface area contributed by atoms with Gasteiger partial charge in [0.1, 0.15) is 0 Å². The summed E-state index contributed by atoms with van der Waals surface area (Å²) in [5, 5.41) is 0. The van der Waals surface area contributed by atoms with Crippen molar-refractivity contribution in [1.82, 2.24) is 4.90 Å². The summed E-state index contributed by atoms with van der Waals surface area (Å²) >= 11 is 0. The van der Waals surface area contributed by atoms with Gasteiger partial charge in [-0.3, -0.25) is 0 Å². The molecule has 0 aromatic rings. The van der Waals surface area contributed by atoms with Crippen LogP contribution in [0.3, 0.4) is 0 Å². The largest absolute Gasteiger partial charge is 0.373 e. The molecule has 1 unspecified atom stereocenters. The lowest BCUT2D eigenvalue weighted by atomic mass is 10.2. The normalized spacial score (nSPS) is 15.4. The first kappa shape index (κ1) is 13.4. The maximum absolute atomic E-state index is 5.62. The molecule has 0 aromatic heterocycles. The van der Waals surface area contributed by atoms with Gasteiger partial charge in [0.15, 0.2) is 0 Å². The van der Waals surface area contributed by atoms with Gasteiger partial charge in [0.25, 0.3) is 0 Å². The third-order valence-corrected chi connectivity index (χ3v) is 1.85. The zero-order valence-electron chi connectivity index (χ0n) is 10.1. The molecule has 0 aromatic carbocycles. The van der Waals surface area contributed by atoms with E-state index in [2.05, 4.69) is 45.0 Å². The van der Waals surface area contributed by atoms with Crippen LogP contribution < -0.4 is 0 Å². The molecular weight excluding hydrogens is 174 g/mol. The summed E-state index contributed by atoms with van der Waals surface area (Å²) < 4.78 is 5.62. The number of ether oxygens (including phenoxy) is 1. The van der Waals surface area contributed by atoms with Crippen molar-refractivity contribution in [3.63, 3.8) is 0 Å². The van der Waals surface area contributed by atoms with Gasteiger partial charge in [-0.15, -0.1) is 0 Å². The van der Waals surface area contributed by atoms with Crippen molar-refractivity contribution in [2.75, 3.05) is 27.2 Å². The maximum Gasteiger partial charge on any atom is 0.0733 e. The van der Waals surface area contributed by atoms with Crippen molar-refractivity contribution in [1.29, 1.82) is 0 Å². The Kier molecular flexibility index (Phi) is 7.44. The topological polar surface area (TPSA) is 12.5 Å². The molecule has 0 spiro atoms. The molecule has 14 heavy (non-hydrogen) atoms. The molecule has 0 N–H and O–H groups in total. The Hall–Kier alpha value is -0.600. The minimum absolute atomic E-state index is 0.200. The summed E-state index contributed by atoms with van der Waals surface area (Å²) in [6.45, 7) is 7.94. The van der Waals surface area contributed by atoms with E-state index >= 15 is 0 Å². The second-order valence-electron chi connectivity index (χ2n) is 3.79. The Bertz CT molecular complexity index is 194. The van der Waals surface area contributed by atoms with E-state index in [1.807, 2.05) is 13.0 Å². The highest BCUT2D eigenvalue weighted by Crippen LogP contribution is 2.01. The van der Waals surface area contributed by atoms with Crippen LogP contribution in [-0.2, 0) is 4.74 Å². The van der Waals surface area contributed by atoms with E-state index in [1.54, 1.807) is 0 Å². The van der Waals surface area contributed by atoms with Crippen LogP contribution in [-0.4, -0.2) is 38.3 Å². The smallest absolute Gasteiger partial charge is 0.0733 e. The number of likely N-dealkylation sites (N-methyl/N-ethyl adjacent to an activating group) is 1. The second-order valence-corrected chi connectivity index (χ2v) is 3.79. The summed E-state index contributed by atoms with van der Waals surface area (Å²) in [6.07, 6.45) is 6.46. The fraction of sp³-hybridized carbons (Fsp3) is 0.667. The van der Waals surface area contributed by atoms with Crippen LogP contribution in [0.4, 0.5) is 0 Å². The zero-order chi connectivity index (χ0) is 11.0. The Balaban J connectivity index is 3.74. The SMILES string of the molecule is C/C=C\C(C)=C/C(C)OCCN(C)C. The van der Waals surface area contributed by atoms with Gasteiger partial charge in [-0.25, -0.2) is 0 Å². The molecule has 0 heterocycles. The van der Waals surface area contributed by atoms with Gasteiger partial charge in [-0.05, 0) is 34.9 Å². The lowest BCUT2D eigenvalue weighted by molar-refractivity contribution is 0.0843. The lowest BCUT2D eigenvalue weighted by Gasteiger charge is -2.13. The van der Waals surface area contributed by atoms with Gasteiger partial charge in [-0.1, -0.05) is 23.8 Å². The third-order valence-electron chi connectivity index (χ3n) is 1.85. The minimum atomic E-state index is 0.200. The molecule has 0 bridgehead atoms. The fourth-order valence-corrected chi connectivity index (χ4v) is 1.16. The molecule has 2 nitrogen and oxygen atoms in total. The average molecular weight is 197 g/mol. The summed E-state index contributed by atoms with van der Waals surface area (Å²) in [5.41, 5.74) is 1.25. The van der Waals surface area contributed by atoms with Crippen molar-refractivity contribution < 1.29 is 4.74 Å². The molecule has 2 heteroatoms. The zero-order valence-corrected chi connectivity index (χ0v) is 10.1. The molecule has 0 saturated carbocycles. The Morgan fingerprint density at radius 3 is 2.57 bits per heavy atom. The monoisotopic (exact) mass is 197 g/mol. The second kappa shape index (κ2) is 7.77. The van der Waals surface area contributed by atoms with Gasteiger partial charge >= 0.3 is 0 Å². The van der Waals surface area contributed by atoms with Crippen LogP contribution in [0.5, 0.6) is 0 Å². The number of nitrogens with zero attached hydrogens (tertiary/aromatic N) is 1. The van der Waals surface area contributed by atoms with Crippen molar-refractivity contribution in [3.05, 3.63) is 23.8 Å². The average Bonchev–Trinajstić information content (AvgIpc) is 2.03. The van der Waals surface area contributed by atoms with Crippen molar-refractivity contribution in [2.45, 2.75) is 26.9 Å². The lowest BCUT2D eigenvalue weighted by Crippen LogP contribution is -2.20. The van der Waals surface area contributed by atoms with E-state index in [0.29, 0.717) is 0 Å². The molecule has 0 fully saturated rings. The number of hydrogen-bond donors (Lipinski definition) is 0. The van der Waals surface area contributed by atoms with Gasteiger partial charge in [0.05, 0.1) is 12.7 Å². The molecule has 0 rings (SSSR count). The molecule has 0 aliphatic carbocycles. The predicted molar refractivity (Wildman–Crippen MR) is 62.5 cm³/mol. The van der Waals surface area contributed by atoms with Crippen LogP contribution in [0.2, 0.25) is 0 Å². The van der Waals surface area contributed by atoms with Crippen LogP contribution >= 0.6 is 0 Å². The summed E-state index contributed by atoms with van der Waals surface area (Å²) in [6, 6.07) is 0. The highest BCUT2D eigenvalue weighted by molar-refractivity contribution is 5.16. The van der Waals surface area contributed by atoms with Gasteiger partial charge < -0.3 is 9.64 Å². The molecule has 0 aliphatic heterocycles. The highest BCUT2D eigenvalue weighted by Gasteiger charge is 1.98. The van der Waals surface area contributed by atoms with Gasteiger partial charge in [0, 0.05) is 6.54 Å². The molecule has 0 saturated heterocycles. The first-order valence-electron chi connectivity index (χ1n) is 5.13. The van der Waals surface area contributed by atoms with E-state index in [9.17, 15) is 0 Å². The van der Waals surface area contributed by atoms with Crippen molar-refractivity contribution in [3.8, 4) is 0 Å². The number of hydrogen-bond acceptors (Lipinski definition) is 2. The first-order chi connectivity index (χ1) is 6.56. The molecule has 82 valence electrons. The summed E-state index contributed by atoms with van der Waals surface area (Å²) in [5.74, 6) is 0. The molecule has 0 radical (unpaired) electrons. The van der Waals surface area contributed by atoms with E-state index in [-0.39, 0.29) is 6.10 Å². The summed E-state index contributed by atoms with van der Waals surface area (Å²) in [4.78, 5) is 2.12. The van der Waals surface area contributed by atoms with Crippen LogP contribution in [0, 0.1) is 0 Å². The van der Waals surface area contributed by atoms with E-state index in [0.717, 1.165) is 13.2 Å². The van der Waals surface area contributed by atoms with E-state index < -0.39 is 0 Å². The first-order valence-corrected chi connectivity index (χ1v) is 5.13.